The molecule has 16 aromatic rings. The summed E-state index contributed by atoms with van der Waals surface area (Å²) in [6.07, 6.45) is 0. The molecule has 0 fully saturated rings. The number of nitrogens with zero attached hydrogens (tertiary/aromatic N) is 5. The van der Waals surface area contributed by atoms with Crippen LogP contribution in [-0.4, -0.2) is 13.4 Å². The van der Waals surface area contributed by atoms with E-state index >= 15 is 0 Å². The summed E-state index contributed by atoms with van der Waals surface area (Å²) in [5.41, 5.74) is 38.6. The van der Waals surface area contributed by atoms with E-state index in [2.05, 4.69) is 478 Å². The number of para-hydroxylation sites is 9. The fourth-order valence-corrected chi connectivity index (χ4v) is 20.2. The van der Waals surface area contributed by atoms with Gasteiger partial charge in [0.15, 0.2) is 0 Å². The Hall–Kier alpha value is -13.0. The van der Waals surface area contributed by atoms with Gasteiger partial charge in [0.25, 0.3) is 6.71 Å². The van der Waals surface area contributed by atoms with Crippen molar-refractivity contribution in [3.63, 3.8) is 0 Å². The molecule has 4 aliphatic heterocycles. The molecule has 0 N–H and O–H groups in total. The number of hydrogen-bond acceptors (Lipinski definition) is 6. The summed E-state index contributed by atoms with van der Waals surface area (Å²) < 4.78 is 0. The first-order chi connectivity index (χ1) is 58.1. The van der Waals surface area contributed by atoms with Gasteiger partial charge >= 0.3 is 0 Å². The van der Waals surface area contributed by atoms with E-state index in [1.807, 2.05) is 11.8 Å². The van der Waals surface area contributed by atoms with Crippen molar-refractivity contribution in [2.45, 2.75) is 115 Å². The Balaban J connectivity index is 0.855. The summed E-state index contributed by atoms with van der Waals surface area (Å²) in [7, 11) is 0. The van der Waals surface area contributed by atoms with Gasteiger partial charge in [0.2, 0.25) is 6.71 Å². The molecule has 0 aliphatic carbocycles. The van der Waals surface area contributed by atoms with Gasteiger partial charge in [0.05, 0.1) is 28.4 Å². The minimum atomic E-state index is -0.224. The van der Waals surface area contributed by atoms with Gasteiger partial charge in [-0.05, 0) is 197 Å². The maximum atomic E-state index is 2.67. The molecule has 0 atom stereocenters. The van der Waals surface area contributed by atoms with Crippen molar-refractivity contribution < 1.29 is 0 Å². The van der Waals surface area contributed by atoms with Gasteiger partial charge in [-0.3, -0.25) is 0 Å². The van der Waals surface area contributed by atoms with Gasteiger partial charge in [-0.25, -0.2) is 0 Å². The van der Waals surface area contributed by atoms with Gasteiger partial charge in [-0.2, -0.15) is 0 Å². The monoisotopic (exact) mass is 1570 g/mol. The quantitative estimate of drug-likeness (QED) is 0.106. The van der Waals surface area contributed by atoms with E-state index in [0.29, 0.717) is 0 Å². The SMILES string of the molecule is CC(C)(C)c1ccc(-c2ccccc2N(c2ccccc2)c2cc3c4c(c2)N(c2ccccc2-c2ccc(C(C)(C)C)cc2)c2ccccc2B4c2cc4c(cc2S3)N(c2ccccc2)c2cc(N(c3ccccc3)c3ccccc3-c3ccc(C(C)(C)C)cc3)cc3c2B4c2ccccc2N3c2ccccc2-c2ccc(C(C)(C)C)cc2)cc1. The average Bonchev–Trinajstić information content (AvgIpc) is 0.682. The zero-order valence-electron chi connectivity index (χ0n) is 70.5. The smallest absolute Gasteiger partial charge is 0.252 e. The summed E-state index contributed by atoms with van der Waals surface area (Å²) in [6, 6.07) is 141. The maximum absolute atomic E-state index is 2.67. The molecule has 0 saturated heterocycles. The van der Waals surface area contributed by atoms with Gasteiger partial charge in [0, 0.05) is 88.9 Å². The highest BCUT2D eigenvalue weighted by molar-refractivity contribution is 8.00. The topological polar surface area (TPSA) is 16.2 Å². The first-order valence-corrected chi connectivity index (χ1v) is 43.3. The number of anilines is 15. The van der Waals surface area contributed by atoms with Crippen LogP contribution < -0.4 is 57.3 Å². The molecule has 582 valence electrons. The molecule has 20 rings (SSSR count). The molecule has 0 amide bonds. The highest BCUT2D eigenvalue weighted by Gasteiger charge is 2.48. The van der Waals surface area contributed by atoms with E-state index in [1.54, 1.807) is 0 Å². The second-order valence-electron chi connectivity index (χ2n) is 36.9. The highest BCUT2D eigenvalue weighted by Crippen LogP contribution is 2.55. The fourth-order valence-electron chi connectivity index (χ4n) is 19.0. The van der Waals surface area contributed by atoms with Crippen molar-refractivity contribution in [3.05, 3.63) is 392 Å². The molecule has 0 saturated carbocycles. The molecule has 8 heteroatoms. The summed E-state index contributed by atoms with van der Waals surface area (Å²) in [5, 5.41) is 0. The van der Waals surface area contributed by atoms with Crippen molar-refractivity contribution in [1.29, 1.82) is 0 Å². The molecule has 0 unspecified atom stereocenters. The van der Waals surface area contributed by atoms with Gasteiger partial charge < -0.3 is 24.5 Å². The molecule has 4 heterocycles. The zero-order chi connectivity index (χ0) is 82.1. The first kappa shape index (κ1) is 75.7. The predicted molar refractivity (Wildman–Crippen MR) is 516 cm³/mol. The number of hydrogen-bond donors (Lipinski definition) is 0. The second-order valence-corrected chi connectivity index (χ2v) is 38.0. The molecule has 120 heavy (non-hydrogen) atoms. The largest absolute Gasteiger partial charge is 0.311 e. The van der Waals surface area contributed by atoms with Crippen molar-refractivity contribution in [2.75, 3.05) is 24.5 Å². The van der Waals surface area contributed by atoms with Crippen molar-refractivity contribution >= 4 is 143 Å². The lowest BCUT2D eigenvalue weighted by molar-refractivity contribution is 0.590. The molecule has 0 spiro atoms. The molecule has 0 bridgehead atoms. The molecular weight excluding hydrogens is 1470 g/mol. The van der Waals surface area contributed by atoms with Crippen molar-refractivity contribution in [3.8, 4) is 44.5 Å². The highest BCUT2D eigenvalue weighted by atomic mass is 32.2. The van der Waals surface area contributed by atoms with Crippen LogP contribution in [0.2, 0.25) is 0 Å². The Labute approximate surface area is 714 Å². The normalized spacial score (nSPS) is 13.2. The van der Waals surface area contributed by atoms with Gasteiger partial charge in [-0.1, -0.05) is 367 Å². The summed E-state index contributed by atoms with van der Waals surface area (Å²) in [4.78, 5) is 15.3. The van der Waals surface area contributed by atoms with E-state index in [4.69, 9.17) is 0 Å². The van der Waals surface area contributed by atoms with Crippen LogP contribution in [0.15, 0.2) is 380 Å². The van der Waals surface area contributed by atoms with E-state index in [1.165, 1.54) is 75.9 Å². The van der Waals surface area contributed by atoms with E-state index < -0.39 is 0 Å². The molecule has 0 aromatic heterocycles. The van der Waals surface area contributed by atoms with Crippen LogP contribution in [0.1, 0.15) is 105 Å². The molecule has 0 radical (unpaired) electrons. The number of fused-ring (bicyclic) bond motifs is 8. The lowest BCUT2D eigenvalue weighted by atomic mass is 9.31. The lowest BCUT2D eigenvalue weighted by Gasteiger charge is -2.46. The Bertz CT molecular complexity index is 6620. The van der Waals surface area contributed by atoms with Crippen LogP contribution in [0.5, 0.6) is 0 Å². The van der Waals surface area contributed by atoms with E-state index in [-0.39, 0.29) is 35.1 Å². The van der Waals surface area contributed by atoms with Crippen molar-refractivity contribution in [2.24, 2.45) is 0 Å². The van der Waals surface area contributed by atoms with Crippen LogP contribution in [0.25, 0.3) is 44.5 Å². The standard InChI is InChI=1S/C112H97B2N5S/c1-109(2,3)78-60-52-74(53-61-78)87-40-22-28-46-95(87)115(82-34-16-13-17-35-82)85-68-102-107-103(69-85)118(97-48-30-24-42-89(97)76-56-64-80(65-57-76)111(7,8)9)99-50-32-26-44-91(99)113(107)93-72-94-105(73-101(93)117(102)84-38-20-15-21-39-84)120-106-71-86(116(83-36-18-14-19-37-83)96-47-29-23-41-88(96)75-54-62-79(63-55-75)110(4,5)6)70-104-108(106)114(94)92-45-27-33-51-100(92)119(104)98-49-31-25-43-90(98)77-58-66-81(67-59-77)112(10,11)12/h13-73H,1-12H3. The fraction of sp³-hybridized carbons (Fsp3) is 0.143. The van der Waals surface area contributed by atoms with Crippen LogP contribution >= 0.6 is 11.8 Å². The van der Waals surface area contributed by atoms with E-state index in [9.17, 15) is 0 Å². The average molecular weight is 1570 g/mol. The minimum Gasteiger partial charge on any atom is -0.311 e. The molecular formula is C112H97B2N5S. The van der Waals surface area contributed by atoms with Gasteiger partial charge in [0.1, 0.15) is 0 Å². The van der Waals surface area contributed by atoms with E-state index in [0.717, 1.165) is 119 Å². The number of rotatable bonds is 13. The van der Waals surface area contributed by atoms with Gasteiger partial charge in [-0.15, -0.1) is 0 Å². The third-order valence-corrected chi connectivity index (χ3v) is 26.3. The van der Waals surface area contributed by atoms with Crippen LogP contribution in [0.4, 0.5) is 85.3 Å². The minimum absolute atomic E-state index is 0.00203. The second kappa shape index (κ2) is 29.5. The van der Waals surface area contributed by atoms with Crippen LogP contribution in [0, 0.1) is 0 Å². The third kappa shape index (κ3) is 13.2. The number of benzene rings is 16. The Kier molecular flexibility index (Phi) is 18.6. The Morgan fingerprint density at radius 1 is 0.225 bits per heavy atom. The van der Waals surface area contributed by atoms with Crippen LogP contribution in [-0.2, 0) is 21.7 Å². The zero-order valence-corrected chi connectivity index (χ0v) is 71.3. The third-order valence-electron chi connectivity index (χ3n) is 25.1. The Morgan fingerprint density at radius 3 is 0.967 bits per heavy atom. The first-order valence-electron chi connectivity index (χ1n) is 42.4. The van der Waals surface area contributed by atoms with Crippen LogP contribution in [0.3, 0.4) is 0 Å². The summed E-state index contributed by atoms with van der Waals surface area (Å²) >= 11 is 1.92. The summed E-state index contributed by atoms with van der Waals surface area (Å²) in [6.45, 7) is 27.2. The predicted octanol–water partition coefficient (Wildman–Crippen LogP) is 27.3. The van der Waals surface area contributed by atoms with Crippen molar-refractivity contribution in [1.82, 2.24) is 0 Å². The molecule has 16 aromatic carbocycles. The molecule has 4 aliphatic rings. The lowest BCUT2D eigenvalue weighted by Crippen LogP contribution is -2.64. The summed E-state index contributed by atoms with van der Waals surface area (Å²) in [5.74, 6) is 0. The molecule has 5 nitrogen and oxygen atoms in total. The maximum Gasteiger partial charge on any atom is 0.252 e. The Morgan fingerprint density at radius 2 is 0.550 bits per heavy atom.